The number of ether oxygens (including phenoxy) is 2. The maximum Gasteiger partial charge on any atom is 0.312 e. The smallest absolute Gasteiger partial charge is 0.312 e. The molecular formula is C28H48N2O10S2. The predicted octanol–water partition coefficient (Wildman–Crippen LogP) is 5.61. The fourth-order valence-corrected chi connectivity index (χ4v) is 4.54. The molecule has 14 heteroatoms. The molecular weight excluding hydrogens is 588 g/mol. The summed E-state index contributed by atoms with van der Waals surface area (Å²) in [6, 6.07) is -1.51. The molecule has 3 atom stereocenters. The van der Waals surface area contributed by atoms with Crippen molar-refractivity contribution in [2.75, 3.05) is 32.3 Å². The summed E-state index contributed by atoms with van der Waals surface area (Å²) >= 11 is 0. The van der Waals surface area contributed by atoms with Crippen molar-refractivity contribution in [1.82, 2.24) is 0 Å². The number of methoxy groups -OCH3 is 1. The van der Waals surface area contributed by atoms with Crippen molar-refractivity contribution in [3.63, 3.8) is 0 Å². The third-order valence-corrected chi connectivity index (χ3v) is 7.59. The number of esters is 2. The molecule has 0 heterocycles. The molecule has 1 rings (SSSR count). The van der Waals surface area contributed by atoms with Crippen LogP contribution in [0.2, 0.25) is 0 Å². The molecule has 1 fully saturated rings. The minimum absolute atomic E-state index is 0.0730. The summed E-state index contributed by atoms with van der Waals surface area (Å²) in [5.74, 6) is 0.800. The van der Waals surface area contributed by atoms with Gasteiger partial charge in [-0.05, 0) is 51.2 Å². The van der Waals surface area contributed by atoms with Gasteiger partial charge in [-0.2, -0.15) is 0 Å². The lowest BCUT2D eigenvalue weighted by Gasteiger charge is -2.06. The van der Waals surface area contributed by atoms with E-state index in [-0.39, 0.29) is 12.1 Å². The summed E-state index contributed by atoms with van der Waals surface area (Å²) < 4.78 is 9.17. The lowest BCUT2D eigenvalue weighted by Crippen LogP contribution is -2.31. The third-order valence-electron chi connectivity index (χ3n) is 5.81. The molecule has 0 radical (unpaired) electrons. The van der Waals surface area contributed by atoms with Gasteiger partial charge in [-0.25, -0.2) is 0 Å². The molecule has 12 nitrogen and oxygen atoms in total. The van der Waals surface area contributed by atoms with Gasteiger partial charge in [0.25, 0.3) is 12.6 Å². The van der Waals surface area contributed by atoms with E-state index in [1.807, 2.05) is 25.3 Å². The van der Waals surface area contributed by atoms with Gasteiger partial charge in [0.05, 0.1) is 13.2 Å². The number of nitrogens with zero attached hydrogens (tertiary/aromatic N) is 2. The van der Waals surface area contributed by atoms with Gasteiger partial charge in [0.2, 0.25) is 0 Å². The van der Waals surface area contributed by atoms with Crippen molar-refractivity contribution in [2.45, 2.75) is 96.6 Å². The normalized spacial score (nSPS) is 15.7. The van der Waals surface area contributed by atoms with E-state index in [0.717, 1.165) is 64.2 Å². The van der Waals surface area contributed by atoms with Crippen LogP contribution in [0.25, 0.3) is 0 Å². The number of carbonyl (C=O) groups is 3. The summed E-state index contributed by atoms with van der Waals surface area (Å²) in [6.45, 7) is 3.78. The second-order valence-electron chi connectivity index (χ2n) is 9.41. The molecule has 0 bridgehead atoms. The Balaban J connectivity index is 0. The van der Waals surface area contributed by atoms with Crippen molar-refractivity contribution in [3.05, 3.63) is 44.5 Å². The largest absolute Gasteiger partial charge is 0.469 e. The Labute approximate surface area is 257 Å². The Hall–Kier alpha value is -2.45. The van der Waals surface area contributed by atoms with Gasteiger partial charge in [-0.1, -0.05) is 65.7 Å². The van der Waals surface area contributed by atoms with E-state index in [0.29, 0.717) is 31.1 Å². The summed E-state index contributed by atoms with van der Waals surface area (Å²) in [7, 11) is 4.47. The summed E-state index contributed by atoms with van der Waals surface area (Å²) in [5.41, 5.74) is 0. The molecule has 1 aliphatic rings. The van der Waals surface area contributed by atoms with Crippen molar-refractivity contribution in [2.24, 2.45) is 5.92 Å². The van der Waals surface area contributed by atoms with Crippen molar-refractivity contribution < 1.29 is 38.8 Å². The van der Waals surface area contributed by atoms with Gasteiger partial charge >= 0.3 is 11.9 Å². The van der Waals surface area contributed by atoms with Gasteiger partial charge < -0.3 is 14.6 Å². The Morgan fingerprint density at radius 2 is 1.90 bits per heavy atom. The first-order valence-electron chi connectivity index (χ1n) is 14.1. The molecule has 242 valence electrons. The number of ketones is 1. The molecule has 0 aromatic carbocycles. The van der Waals surface area contributed by atoms with Crippen LogP contribution in [0.5, 0.6) is 0 Å². The number of rotatable bonds is 19. The van der Waals surface area contributed by atoms with E-state index < -0.39 is 34.8 Å². The van der Waals surface area contributed by atoms with Crippen LogP contribution in [-0.2, 0) is 23.9 Å². The van der Waals surface area contributed by atoms with E-state index in [1.54, 1.807) is 21.6 Å². The highest BCUT2D eigenvalue weighted by molar-refractivity contribution is 8.76. The van der Waals surface area contributed by atoms with Crippen LogP contribution in [0.3, 0.4) is 0 Å². The zero-order valence-electron chi connectivity index (χ0n) is 25.3. The lowest BCUT2D eigenvalue weighted by atomic mass is 10.1. The zero-order chi connectivity index (χ0) is 32.2. The molecule has 0 amide bonds. The average molecular weight is 637 g/mol. The minimum atomic E-state index is -1.51. The SMILES string of the molecule is C/C=C\CCCC(=O)OCCSSC.CCCCC(O)C/C=C/C1CCC(=O)C1.COC(=O)CC(C[N+](=O)[O-])[N+](=O)[O-]. The summed E-state index contributed by atoms with van der Waals surface area (Å²) in [5, 5.41) is 29.7. The molecule has 0 aliphatic heterocycles. The second-order valence-corrected chi connectivity index (χ2v) is 12.1. The highest BCUT2D eigenvalue weighted by atomic mass is 33.1. The molecule has 1 saturated carbocycles. The summed E-state index contributed by atoms with van der Waals surface area (Å²) in [4.78, 5) is 51.1. The quantitative estimate of drug-likeness (QED) is 0.0463. The van der Waals surface area contributed by atoms with Crippen LogP contribution in [0.15, 0.2) is 24.3 Å². The van der Waals surface area contributed by atoms with E-state index in [1.165, 1.54) is 0 Å². The molecule has 0 aromatic rings. The molecule has 0 aromatic heterocycles. The van der Waals surface area contributed by atoms with Crippen LogP contribution < -0.4 is 0 Å². The zero-order valence-corrected chi connectivity index (χ0v) is 26.9. The van der Waals surface area contributed by atoms with Crippen LogP contribution >= 0.6 is 21.6 Å². The number of aliphatic hydroxyl groups is 1. The molecule has 1 N–H and O–H groups in total. The lowest BCUT2D eigenvalue weighted by molar-refractivity contribution is -0.587. The molecule has 1 aliphatic carbocycles. The van der Waals surface area contributed by atoms with Crippen molar-refractivity contribution in [1.29, 1.82) is 0 Å². The monoisotopic (exact) mass is 636 g/mol. The third kappa shape index (κ3) is 27.7. The van der Waals surface area contributed by atoms with E-state index >= 15 is 0 Å². The Bertz CT molecular complexity index is 840. The van der Waals surface area contributed by atoms with Crippen LogP contribution in [-0.4, -0.2) is 77.1 Å². The number of hydrogen-bond donors (Lipinski definition) is 1. The van der Waals surface area contributed by atoms with Crippen LogP contribution in [0.1, 0.15) is 84.5 Å². The van der Waals surface area contributed by atoms with Crippen LogP contribution in [0.4, 0.5) is 0 Å². The van der Waals surface area contributed by atoms with Gasteiger partial charge in [0.1, 0.15) is 18.8 Å². The van der Waals surface area contributed by atoms with Gasteiger partial charge in [-0.15, -0.1) is 0 Å². The van der Waals surface area contributed by atoms with Crippen LogP contribution in [0, 0.1) is 26.1 Å². The average Bonchev–Trinajstić information content (AvgIpc) is 3.37. The first-order chi connectivity index (χ1) is 20.0. The second kappa shape index (κ2) is 28.7. The first-order valence-corrected chi connectivity index (χ1v) is 16.8. The van der Waals surface area contributed by atoms with Gasteiger partial charge in [-0.3, -0.25) is 34.6 Å². The predicted molar refractivity (Wildman–Crippen MR) is 167 cm³/mol. The molecule has 42 heavy (non-hydrogen) atoms. The number of Topliss-reactive ketones (excluding diaryl/α,β-unsaturated/α-hetero) is 1. The topological polar surface area (TPSA) is 176 Å². The van der Waals surface area contributed by atoms with Gasteiger partial charge in [0, 0.05) is 34.9 Å². The van der Waals surface area contributed by atoms with E-state index in [2.05, 4.69) is 23.8 Å². The maximum absolute atomic E-state index is 11.1. The Morgan fingerprint density at radius 1 is 1.19 bits per heavy atom. The minimum Gasteiger partial charge on any atom is -0.469 e. The standard InChI is InChI=1S/C13H22O2.C10H18O2S2.C5H8N2O6/c1-2-3-6-12(14)7-4-5-11-8-9-13(15)10-11;1-3-4-5-6-7-10(11)12-8-9-14-13-2;1-13-5(8)2-4(7(11)12)3-6(9)10/h4-5,11-12,14H,2-3,6-10H2,1H3;3-4H,5-9H2,1-2H3;4H,2-3H2,1H3/b5-4+;4-3-;. The molecule has 0 spiro atoms. The number of allylic oxidation sites excluding steroid dienone is 3. The maximum atomic E-state index is 11.1. The number of unbranched alkanes of at least 4 members (excludes halogenated alkanes) is 2. The highest BCUT2D eigenvalue weighted by Gasteiger charge is 2.30. The number of carbonyl (C=O) groups excluding carboxylic acids is 3. The van der Waals surface area contributed by atoms with Crippen molar-refractivity contribution in [3.8, 4) is 0 Å². The fourth-order valence-electron chi connectivity index (χ4n) is 3.52. The fraction of sp³-hybridized carbons (Fsp3) is 0.750. The van der Waals surface area contributed by atoms with E-state index in [9.17, 15) is 39.7 Å². The van der Waals surface area contributed by atoms with E-state index in [4.69, 9.17) is 4.74 Å². The highest BCUT2D eigenvalue weighted by Crippen LogP contribution is 2.23. The molecule has 3 unspecified atom stereocenters. The number of nitro groups is 2. The Kier molecular flexibility index (Phi) is 28.4. The number of aliphatic hydroxyl groups excluding tert-OH is 1. The Morgan fingerprint density at radius 3 is 2.43 bits per heavy atom. The number of hydrogen-bond acceptors (Lipinski definition) is 12. The van der Waals surface area contributed by atoms with Crippen molar-refractivity contribution >= 4 is 39.3 Å². The molecule has 0 saturated heterocycles. The van der Waals surface area contributed by atoms with Gasteiger partial charge in [0.15, 0.2) is 0 Å². The first kappa shape index (κ1) is 41.7. The summed E-state index contributed by atoms with van der Waals surface area (Å²) in [6.07, 6.45) is 18.2.